The number of nitrogens with zero attached hydrogens (tertiary/aromatic N) is 5. The van der Waals surface area contributed by atoms with E-state index in [1.165, 1.54) is 16.8 Å². The Morgan fingerprint density at radius 1 is 1.17 bits per heavy atom. The summed E-state index contributed by atoms with van der Waals surface area (Å²) >= 11 is 0. The van der Waals surface area contributed by atoms with Gasteiger partial charge in [-0.1, -0.05) is 0 Å². The Labute approximate surface area is 137 Å². The van der Waals surface area contributed by atoms with Crippen molar-refractivity contribution in [1.29, 1.82) is 0 Å². The van der Waals surface area contributed by atoms with Crippen molar-refractivity contribution in [3.8, 4) is 5.69 Å². The van der Waals surface area contributed by atoms with Gasteiger partial charge < -0.3 is 0 Å². The van der Waals surface area contributed by atoms with E-state index in [9.17, 15) is 13.2 Å². The molecule has 2 heterocycles. The molecule has 126 valence electrons. The molecule has 11 heteroatoms. The lowest BCUT2D eigenvalue weighted by Crippen LogP contribution is -2.17. The number of sulfonamides is 1. The molecule has 2 aromatic heterocycles. The van der Waals surface area contributed by atoms with Crippen LogP contribution in [0.4, 0.5) is 5.69 Å². The van der Waals surface area contributed by atoms with Gasteiger partial charge in [0.15, 0.2) is 0 Å². The topological polar surface area (TPSA) is 128 Å². The van der Waals surface area contributed by atoms with E-state index < -0.39 is 15.7 Å². The predicted octanol–water partition coefficient (Wildman–Crippen LogP) is 0.107. The first-order chi connectivity index (χ1) is 11.3. The molecule has 0 radical (unpaired) electrons. The summed E-state index contributed by atoms with van der Waals surface area (Å²) in [5.74, 6) is 0. The zero-order valence-corrected chi connectivity index (χ0v) is 14.0. The average Bonchev–Trinajstić information content (AvgIpc) is 3.03. The molecule has 0 unspecified atom stereocenters. The van der Waals surface area contributed by atoms with Crippen LogP contribution < -0.4 is 10.4 Å². The molecule has 3 aromatic rings. The summed E-state index contributed by atoms with van der Waals surface area (Å²) in [6.45, 7) is 3.33. The van der Waals surface area contributed by atoms with Crippen molar-refractivity contribution in [2.24, 2.45) is 7.05 Å². The smallest absolute Gasteiger partial charge is 0.280 e. The highest BCUT2D eigenvalue weighted by molar-refractivity contribution is 7.92. The maximum atomic E-state index is 12.6. The lowest BCUT2D eigenvalue weighted by molar-refractivity contribution is 0.599. The fourth-order valence-electron chi connectivity index (χ4n) is 2.39. The highest BCUT2D eigenvalue weighted by Gasteiger charge is 2.23. The van der Waals surface area contributed by atoms with Crippen LogP contribution in [0, 0.1) is 13.8 Å². The van der Waals surface area contributed by atoms with Crippen molar-refractivity contribution < 1.29 is 8.42 Å². The van der Waals surface area contributed by atoms with Gasteiger partial charge >= 0.3 is 5.69 Å². The van der Waals surface area contributed by atoms with Crippen LogP contribution in [0.3, 0.4) is 0 Å². The molecule has 0 amide bonds. The third kappa shape index (κ3) is 2.69. The first-order valence-electron chi connectivity index (χ1n) is 6.93. The van der Waals surface area contributed by atoms with E-state index in [1.54, 1.807) is 33.0 Å². The number of anilines is 1. The zero-order valence-electron chi connectivity index (χ0n) is 13.2. The van der Waals surface area contributed by atoms with Crippen LogP contribution in [0.25, 0.3) is 5.69 Å². The molecule has 0 atom stereocenters. The number of aryl methyl sites for hydroxylation is 2. The Morgan fingerprint density at radius 2 is 1.83 bits per heavy atom. The van der Waals surface area contributed by atoms with Crippen molar-refractivity contribution in [3.05, 3.63) is 46.1 Å². The SMILES string of the molecule is Cc1nn(C)c(C)c1S(=O)(=O)Nc1ccc(-n2nn[nH]c2=O)cc1. The second-order valence-electron chi connectivity index (χ2n) is 5.19. The van der Waals surface area contributed by atoms with Crippen LogP contribution in [-0.4, -0.2) is 38.4 Å². The minimum absolute atomic E-state index is 0.154. The summed E-state index contributed by atoms with van der Waals surface area (Å²) in [5, 5.41) is 13.3. The van der Waals surface area contributed by atoms with Crippen molar-refractivity contribution in [3.63, 3.8) is 0 Å². The monoisotopic (exact) mass is 349 g/mol. The first kappa shape index (κ1) is 15.9. The van der Waals surface area contributed by atoms with Crippen LogP contribution in [0.15, 0.2) is 34.0 Å². The second-order valence-corrected chi connectivity index (χ2v) is 6.81. The summed E-state index contributed by atoms with van der Waals surface area (Å²) in [7, 11) is -2.08. The summed E-state index contributed by atoms with van der Waals surface area (Å²) in [6, 6.07) is 6.19. The molecule has 0 spiro atoms. The minimum atomic E-state index is -3.76. The Kier molecular flexibility index (Phi) is 3.72. The molecule has 2 N–H and O–H groups in total. The lowest BCUT2D eigenvalue weighted by atomic mass is 10.3. The summed E-state index contributed by atoms with van der Waals surface area (Å²) in [6.07, 6.45) is 0. The van der Waals surface area contributed by atoms with Crippen LogP contribution in [-0.2, 0) is 17.1 Å². The van der Waals surface area contributed by atoms with Crippen molar-refractivity contribution in [1.82, 2.24) is 30.0 Å². The van der Waals surface area contributed by atoms with Gasteiger partial charge in [0.2, 0.25) is 0 Å². The Morgan fingerprint density at radius 3 is 2.33 bits per heavy atom. The number of H-pyrrole nitrogens is 1. The summed E-state index contributed by atoms with van der Waals surface area (Å²) in [5.41, 5.74) is 1.31. The van der Waals surface area contributed by atoms with Crippen molar-refractivity contribution >= 4 is 15.7 Å². The van der Waals surface area contributed by atoms with E-state index in [-0.39, 0.29) is 4.90 Å². The normalized spacial score (nSPS) is 11.6. The highest BCUT2D eigenvalue weighted by atomic mass is 32.2. The minimum Gasteiger partial charge on any atom is -0.280 e. The molecule has 24 heavy (non-hydrogen) atoms. The van der Waals surface area contributed by atoms with E-state index in [0.717, 1.165) is 4.68 Å². The molecule has 0 saturated carbocycles. The number of aromatic nitrogens is 6. The number of hydrogen-bond donors (Lipinski definition) is 2. The van der Waals surface area contributed by atoms with Gasteiger partial charge in [-0.25, -0.2) is 18.3 Å². The molecule has 0 saturated heterocycles. The van der Waals surface area contributed by atoms with Gasteiger partial charge in [0.05, 0.1) is 17.1 Å². The molecular formula is C13H15N7O3S. The standard InChI is InChI=1S/C13H15N7O3S/c1-8-12(9(2)19(3)15-8)24(22,23)16-10-4-6-11(7-5-10)20-13(21)14-17-18-20/h4-7,16H,1-3H3,(H,14,18,21). The van der Waals surface area contributed by atoms with Gasteiger partial charge in [0.1, 0.15) is 4.90 Å². The van der Waals surface area contributed by atoms with Crippen molar-refractivity contribution in [2.45, 2.75) is 18.7 Å². The van der Waals surface area contributed by atoms with E-state index in [2.05, 4.69) is 25.3 Å². The number of rotatable bonds is 4. The quantitative estimate of drug-likeness (QED) is 0.688. The fraction of sp³-hybridized carbons (Fsp3) is 0.231. The van der Waals surface area contributed by atoms with Gasteiger partial charge in [-0.05, 0) is 48.5 Å². The van der Waals surface area contributed by atoms with Gasteiger partial charge in [-0.15, -0.1) is 0 Å². The van der Waals surface area contributed by atoms with Gasteiger partial charge in [0, 0.05) is 12.7 Å². The van der Waals surface area contributed by atoms with Crippen LogP contribution in [0.2, 0.25) is 0 Å². The molecule has 3 rings (SSSR count). The van der Waals surface area contributed by atoms with Gasteiger partial charge in [-0.3, -0.25) is 9.40 Å². The highest BCUT2D eigenvalue weighted by Crippen LogP contribution is 2.22. The average molecular weight is 349 g/mol. The van der Waals surface area contributed by atoms with Gasteiger partial charge in [-0.2, -0.15) is 9.78 Å². The fourth-order valence-corrected chi connectivity index (χ4v) is 3.89. The van der Waals surface area contributed by atoms with E-state index in [4.69, 9.17) is 0 Å². The maximum absolute atomic E-state index is 12.6. The molecule has 0 fully saturated rings. The Hall–Kier alpha value is -2.95. The largest absolute Gasteiger partial charge is 0.365 e. The van der Waals surface area contributed by atoms with Crippen LogP contribution in [0.1, 0.15) is 11.4 Å². The Balaban J connectivity index is 1.91. The molecule has 0 bridgehead atoms. The summed E-state index contributed by atoms with van der Waals surface area (Å²) in [4.78, 5) is 11.6. The first-order valence-corrected chi connectivity index (χ1v) is 8.42. The van der Waals surface area contributed by atoms with E-state index >= 15 is 0 Å². The molecule has 10 nitrogen and oxygen atoms in total. The predicted molar refractivity (Wildman–Crippen MR) is 85.5 cm³/mol. The van der Waals surface area contributed by atoms with E-state index in [0.29, 0.717) is 22.8 Å². The number of nitrogens with one attached hydrogen (secondary N) is 2. The molecule has 1 aromatic carbocycles. The number of hydrogen-bond acceptors (Lipinski definition) is 6. The van der Waals surface area contributed by atoms with Crippen molar-refractivity contribution in [2.75, 3.05) is 4.72 Å². The lowest BCUT2D eigenvalue weighted by Gasteiger charge is -2.09. The third-order valence-electron chi connectivity index (χ3n) is 3.55. The Bertz CT molecular complexity index is 1040. The molecule has 0 aliphatic carbocycles. The zero-order chi connectivity index (χ0) is 17.5. The number of benzene rings is 1. The third-order valence-corrected chi connectivity index (χ3v) is 5.18. The number of aromatic amines is 1. The summed E-state index contributed by atoms with van der Waals surface area (Å²) < 4.78 is 30.2. The second kappa shape index (κ2) is 5.60. The molecule has 0 aliphatic rings. The van der Waals surface area contributed by atoms with E-state index in [1.807, 2.05) is 0 Å². The van der Waals surface area contributed by atoms with Crippen LogP contribution >= 0.6 is 0 Å². The van der Waals surface area contributed by atoms with Crippen LogP contribution in [0.5, 0.6) is 0 Å². The maximum Gasteiger partial charge on any atom is 0.365 e. The van der Waals surface area contributed by atoms with Gasteiger partial charge in [0.25, 0.3) is 10.0 Å². The molecule has 0 aliphatic heterocycles. The number of tetrazole rings is 1. The molecular weight excluding hydrogens is 334 g/mol.